The van der Waals surface area contributed by atoms with Crippen LogP contribution in [0.15, 0.2) is 48.5 Å². The molecular weight excluding hydrogens is 386 g/mol. The standard InChI is InChI=1S/C22H23N3O5/c26-20(16-7-6-8-17(13-16)25(29)30)14-22(28)18-9-2-3-10-19(18)24(21(22)27)15-23-11-4-1-5-12-23/h2-3,6-10,13,28H,1,4-5,11-12,14-15H2/t22-/m1/s1. The summed E-state index contributed by atoms with van der Waals surface area (Å²) in [4.78, 5) is 40.3. The summed E-state index contributed by atoms with van der Waals surface area (Å²) in [5, 5.41) is 22.4. The summed E-state index contributed by atoms with van der Waals surface area (Å²) < 4.78 is 0. The number of ketones is 1. The molecule has 1 fully saturated rings. The number of hydrogen-bond acceptors (Lipinski definition) is 6. The zero-order valence-corrected chi connectivity index (χ0v) is 16.5. The molecule has 8 nitrogen and oxygen atoms in total. The third-order valence-corrected chi connectivity index (χ3v) is 5.82. The maximum atomic E-state index is 13.3. The molecule has 30 heavy (non-hydrogen) atoms. The number of hydrogen-bond donors (Lipinski definition) is 1. The van der Waals surface area contributed by atoms with Gasteiger partial charge in [0.25, 0.3) is 11.6 Å². The van der Waals surface area contributed by atoms with Crippen LogP contribution in [0.3, 0.4) is 0 Å². The Bertz CT molecular complexity index is 1000. The van der Waals surface area contributed by atoms with Crippen LogP contribution in [0.4, 0.5) is 11.4 Å². The number of piperidine rings is 1. The van der Waals surface area contributed by atoms with Crippen LogP contribution in [0, 0.1) is 10.1 Å². The van der Waals surface area contributed by atoms with Crippen molar-refractivity contribution < 1.29 is 19.6 Å². The summed E-state index contributed by atoms with van der Waals surface area (Å²) in [7, 11) is 0. The Hall–Kier alpha value is -3.10. The van der Waals surface area contributed by atoms with Gasteiger partial charge in [-0.1, -0.05) is 36.8 Å². The average molecular weight is 409 g/mol. The number of para-hydroxylation sites is 1. The van der Waals surface area contributed by atoms with Gasteiger partial charge in [-0.05, 0) is 32.0 Å². The number of non-ortho nitro benzene ring substituents is 1. The molecule has 0 bridgehead atoms. The van der Waals surface area contributed by atoms with Crippen molar-refractivity contribution in [3.05, 3.63) is 69.8 Å². The van der Waals surface area contributed by atoms with E-state index in [2.05, 4.69) is 4.90 Å². The first-order valence-corrected chi connectivity index (χ1v) is 10.0. The number of nitro benzene ring substituents is 1. The number of nitro groups is 1. The third kappa shape index (κ3) is 3.59. The van der Waals surface area contributed by atoms with E-state index in [0.717, 1.165) is 25.9 Å². The Labute approximate surface area is 173 Å². The van der Waals surface area contributed by atoms with Gasteiger partial charge in [-0.25, -0.2) is 0 Å². The second kappa shape index (κ2) is 7.97. The van der Waals surface area contributed by atoms with Gasteiger partial charge in [-0.2, -0.15) is 0 Å². The van der Waals surface area contributed by atoms with Gasteiger partial charge in [0.1, 0.15) is 0 Å². The van der Waals surface area contributed by atoms with Crippen LogP contribution in [0.2, 0.25) is 0 Å². The molecule has 2 aromatic carbocycles. The number of anilines is 1. The summed E-state index contributed by atoms with van der Waals surface area (Å²) >= 11 is 0. The van der Waals surface area contributed by atoms with Gasteiger partial charge in [-0.15, -0.1) is 0 Å². The quantitative estimate of drug-likeness (QED) is 0.447. The lowest BCUT2D eigenvalue weighted by Crippen LogP contribution is -2.47. The second-order valence-electron chi connectivity index (χ2n) is 7.84. The molecule has 2 aliphatic rings. The Morgan fingerprint density at radius 2 is 1.83 bits per heavy atom. The Kier molecular flexibility index (Phi) is 5.36. The van der Waals surface area contributed by atoms with Crippen LogP contribution < -0.4 is 4.90 Å². The fourth-order valence-electron chi connectivity index (χ4n) is 4.25. The van der Waals surface area contributed by atoms with E-state index in [9.17, 15) is 24.8 Å². The monoisotopic (exact) mass is 409 g/mol. The fraction of sp³-hybridized carbons (Fsp3) is 0.364. The summed E-state index contributed by atoms with van der Waals surface area (Å²) in [5.74, 6) is -1.06. The van der Waals surface area contributed by atoms with Crippen molar-refractivity contribution in [3.63, 3.8) is 0 Å². The maximum Gasteiger partial charge on any atom is 0.270 e. The molecule has 156 valence electrons. The number of Topliss-reactive ketones (excluding diaryl/α,β-unsaturated/α-hetero) is 1. The Balaban J connectivity index is 1.62. The van der Waals surface area contributed by atoms with E-state index in [1.54, 1.807) is 29.2 Å². The number of likely N-dealkylation sites (tertiary alicyclic amines) is 1. The molecule has 0 radical (unpaired) electrons. The summed E-state index contributed by atoms with van der Waals surface area (Å²) in [6, 6.07) is 12.3. The van der Waals surface area contributed by atoms with Crippen LogP contribution in [0.25, 0.3) is 0 Å². The normalized spacial score (nSPS) is 21.5. The van der Waals surface area contributed by atoms with Crippen LogP contribution in [0.1, 0.15) is 41.6 Å². The molecular formula is C22H23N3O5. The fourth-order valence-corrected chi connectivity index (χ4v) is 4.25. The highest BCUT2D eigenvalue weighted by Gasteiger charge is 2.51. The van der Waals surface area contributed by atoms with Gasteiger partial charge in [0, 0.05) is 23.3 Å². The number of amides is 1. The molecule has 0 unspecified atom stereocenters. The van der Waals surface area contributed by atoms with Crippen LogP contribution >= 0.6 is 0 Å². The lowest BCUT2D eigenvalue weighted by Gasteiger charge is -2.31. The first-order chi connectivity index (χ1) is 14.4. The predicted octanol–water partition coefficient (Wildman–Crippen LogP) is 2.85. The molecule has 0 saturated carbocycles. The highest BCUT2D eigenvalue weighted by molar-refractivity contribution is 6.10. The molecule has 1 saturated heterocycles. The SMILES string of the molecule is O=C(C[C@]1(O)C(=O)N(CN2CCCCC2)c2ccccc21)c1cccc([N+](=O)[O-])c1. The molecule has 2 aliphatic heterocycles. The van der Waals surface area contributed by atoms with Crippen molar-refractivity contribution in [1.29, 1.82) is 0 Å². The van der Waals surface area contributed by atoms with Gasteiger partial charge in [0.15, 0.2) is 11.4 Å². The zero-order chi connectivity index (χ0) is 21.3. The minimum atomic E-state index is -1.99. The molecule has 0 spiro atoms. The molecule has 1 N–H and O–H groups in total. The first kappa shape index (κ1) is 20.2. The highest BCUT2D eigenvalue weighted by Crippen LogP contribution is 2.43. The summed E-state index contributed by atoms with van der Waals surface area (Å²) in [5.41, 5.74) is -1.11. The molecule has 2 aromatic rings. The van der Waals surface area contributed by atoms with E-state index in [1.807, 2.05) is 0 Å². The number of fused-ring (bicyclic) bond motifs is 1. The van der Waals surface area contributed by atoms with E-state index in [4.69, 9.17) is 0 Å². The summed E-state index contributed by atoms with van der Waals surface area (Å²) in [6.07, 6.45) is 2.83. The van der Waals surface area contributed by atoms with E-state index in [0.29, 0.717) is 17.9 Å². The number of carbonyl (C=O) groups excluding carboxylic acids is 2. The molecule has 0 aliphatic carbocycles. The first-order valence-electron chi connectivity index (χ1n) is 10.0. The van der Waals surface area contributed by atoms with Crippen LogP contribution in [-0.4, -0.2) is 46.4 Å². The Morgan fingerprint density at radius 3 is 2.57 bits per heavy atom. The minimum Gasteiger partial charge on any atom is -0.375 e. The van der Waals surface area contributed by atoms with E-state index in [-0.39, 0.29) is 11.3 Å². The van der Waals surface area contributed by atoms with Gasteiger partial charge in [0.05, 0.1) is 23.7 Å². The van der Waals surface area contributed by atoms with Crippen molar-refractivity contribution in [2.75, 3.05) is 24.7 Å². The summed E-state index contributed by atoms with van der Waals surface area (Å²) in [6.45, 7) is 2.14. The van der Waals surface area contributed by atoms with Gasteiger partial charge in [-0.3, -0.25) is 29.5 Å². The smallest absolute Gasteiger partial charge is 0.270 e. The van der Waals surface area contributed by atoms with Crippen molar-refractivity contribution >= 4 is 23.1 Å². The average Bonchev–Trinajstić information content (AvgIpc) is 2.96. The minimum absolute atomic E-state index is 0.0948. The molecule has 1 amide bonds. The highest BCUT2D eigenvalue weighted by atomic mass is 16.6. The second-order valence-corrected chi connectivity index (χ2v) is 7.84. The lowest BCUT2D eigenvalue weighted by atomic mass is 9.88. The predicted molar refractivity (Wildman–Crippen MR) is 110 cm³/mol. The van der Waals surface area contributed by atoms with Gasteiger partial charge < -0.3 is 5.11 Å². The number of aliphatic hydroxyl groups is 1. The lowest BCUT2D eigenvalue weighted by molar-refractivity contribution is -0.384. The third-order valence-electron chi connectivity index (χ3n) is 5.82. The largest absolute Gasteiger partial charge is 0.375 e. The van der Waals surface area contributed by atoms with Crippen LogP contribution in [0.5, 0.6) is 0 Å². The van der Waals surface area contributed by atoms with Gasteiger partial charge >= 0.3 is 0 Å². The Morgan fingerprint density at radius 1 is 1.10 bits per heavy atom. The number of rotatable bonds is 6. The number of benzene rings is 2. The topological polar surface area (TPSA) is 104 Å². The maximum absolute atomic E-state index is 13.3. The molecule has 8 heteroatoms. The van der Waals surface area contributed by atoms with Crippen molar-refractivity contribution in [2.45, 2.75) is 31.3 Å². The van der Waals surface area contributed by atoms with E-state index < -0.39 is 28.6 Å². The van der Waals surface area contributed by atoms with Gasteiger partial charge in [0.2, 0.25) is 0 Å². The molecule has 2 heterocycles. The van der Waals surface area contributed by atoms with Crippen molar-refractivity contribution in [2.24, 2.45) is 0 Å². The molecule has 4 rings (SSSR count). The van der Waals surface area contributed by atoms with E-state index in [1.165, 1.54) is 30.7 Å². The van der Waals surface area contributed by atoms with Crippen LogP contribution in [-0.2, 0) is 10.4 Å². The van der Waals surface area contributed by atoms with Crippen molar-refractivity contribution in [1.82, 2.24) is 4.90 Å². The zero-order valence-electron chi connectivity index (χ0n) is 16.5. The molecule has 0 aromatic heterocycles. The molecule has 1 atom stereocenters. The number of nitrogens with zero attached hydrogens (tertiary/aromatic N) is 3. The number of carbonyl (C=O) groups is 2. The van der Waals surface area contributed by atoms with Crippen molar-refractivity contribution in [3.8, 4) is 0 Å². The van der Waals surface area contributed by atoms with E-state index >= 15 is 0 Å².